The van der Waals surface area contributed by atoms with Gasteiger partial charge in [-0.2, -0.15) is 0 Å². The Labute approximate surface area is 762 Å². The molecule has 0 atom stereocenters. The Morgan fingerprint density at radius 2 is 0.351 bits per heavy atom. The summed E-state index contributed by atoms with van der Waals surface area (Å²) in [7, 11) is 0. The van der Waals surface area contributed by atoms with Crippen molar-refractivity contribution in [3.63, 3.8) is 0 Å². The first-order valence-corrected chi connectivity index (χ1v) is 45.8. The van der Waals surface area contributed by atoms with Crippen LogP contribution in [0, 0.1) is 34.6 Å². The average Bonchev–Trinajstić information content (AvgIpc) is 0.727. The highest BCUT2D eigenvalue weighted by Crippen LogP contribution is 2.49. The van der Waals surface area contributed by atoms with Crippen molar-refractivity contribution in [3.05, 3.63) is 483 Å². The molecule has 0 unspecified atom stereocenters. The van der Waals surface area contributed by atoms with Gasteiger partial charge in [-0.25, -0.2) is 0 Å². The Bertz CT molecular complexity index is 9230. The van der Waals surface area contributed by atoms with Crippen molar-refractivity contribution < 1.29 is 0 Å². The van der Waals surface area contributed by atoms with Gasteiger partial charge in [-0.05, 0) is 313 Å². The van der Waals surface area contributed by atoms with Crippen LogP contribution in [0.25, 0.3) is 250 Å². The first kappa shape index (κ1) is 78.1. The first-order valence-electron chi connectivity index (χ1n) is 45.8. The van der Waals surface area contributed by atoms with Gasteiger partial charge in [-0.3, -0.25) is 0 Å². The van der Waals surface area contributed by atoms with Gasteiger partial charge in [0.15, 0.2) is 0 Å². The standard InChI is InChI=1S/C33H22.C29H20.3C23H16/c1-21-7-2-4-10-25(21)28-17-13-23-16-20-31-29(18-14-24-15-19-30(28)32(23)33(24)31)27-12-6-9-22-8-3-5-11-26(22)27;1-19-10-11-21-14-17-27-26(16-13-22-12-15-25(19)28(21)29(22)27)24-9-5-8-23(18-24)20-6-3-2-4-7-20;1-15-4-2-7-19(14-15)20-12-10-18-9-8-16-5-3-6-17-11-13-21(20)23(18)22(16)17;1-15-5-2-3-8-19(15)20-13-11-18-10-9-16-6-4-7-17-12-14-21(20)23(18)22(16)17;1-15-7-8-17-11-14-21-20(16-5-3-2-4-6-16)13-10-18-9-12-19(15)22(17)23(18)21/h2-20H,1H3;2-18H,1H3;3*2-14H,1H3. The zero-order valence-corrected chi connectivity index (χ0v) is 73.8. The van der Waals surface area contributed by atoms with E-state index in [-0.39, 0.29) is 0 Å². The predicted molar refractivity (Wildman–Crippen MR) is 570 cm³/mol. The lowest BCUT2D eigenvalue weighted by Crippen LogP contribution is -1.90. The fraction of sp³-hybridized carbons (Fsp3) is 0.0382. The average molecular weight is 1660 g/mol. The lowest BCUT2D eigenvalue weighted by atomic mass is 9.86. The summed E-state index contributed by atoms with van der Waals surface area (Å²) < 4.78 is 0. The van der Waals surface area contributed by atoms with E-state index in [1.807, 2.05) is 0 Å². The van der Waals surface area contributed by atoms with E-state index in [4.69, 9.17) is 0 Å². The normalized spacial score (nSPS) is 11.7. The number of hydrogen-bond donors (Lipinski definition) is 0. The van der Waals surface area contributed by atoms with Crippen LogP contribution in [-0.2, 0) is 0 Å². The number of rotatable bonds is 7. The Morgan fingerprint density at radius 1 is 0.107 bits per heavy atom. The van der Waals surface area contributed by atoms with E-state index in [1.54, 1.807) is 0 Å². The third-order valence-corrected chi connectivity index (χ3v) is 28.1. The highest BCUT2D eigenvalue weighted by molar-refractivity contribution is 6.32. The molecular formula is C131H90. The van der Waals surface area contributed by atoms with E-state index in [2.05, 4.69) is 490 Å². The molecule has 0 aromatic heterocycles. The van der Waals surface area contributed by atoms with Gasteiger partial charge in [0.2, 0.25) is 0 Å². The summed E-state index contributed by atoms with van der Waals surface area (Å²) in [6.07, 6.45) is 0. The van der Waals surface area contributed by atoms with E-state index in [9.17, 15) is 0 Å². The summed E-state index contributed by atoms with van der Waals surface area (Å²) in [6, 6.07) is 166. The van der Waals surface area contributed by atoms with E-state index in [0.29, 0.717) is 0 Å². The maximum Gasteiger partial charge on any atom is -0.00203 e. The topological polar surface area (TPSA) is 0 Å². The van der Waals surface area contributed by atoms with Gasteiger partial charge in [0.05, 0.1) is 0 Å². The number of aryl methyl sites for hydroxylation is 5. The zero-order chi connectivity index (χ0) is 87.5. The van der Waals surface area contributed by atoms with Gasteiger partial charge in [-0.15, -0.1) is 0 Å². The Balaban J connectivity index is 0.0000000912. The van der Waals surface area contributed by atoms with Crippen LogP contribution in [-0.4, -0.2) is 0 Å². The molecule has 0 spiro atoms. The number of fused-ring (bicyclic) bond motifs is 1. The van der Waals surface area contributed by atoms with Crippen molar-refractivity contribution in [1.29, 1.82) is 0 Å². The SMILES string of the molecule is Cc1ccc2ccc3c(-c4cccc(-c5ccccc5)c4)ccc4ccc1c2c43.Cc1ccc2ccc3c(-c4ccccc4)ccc4ccc1c2c43.Cc1cccc(-c2ccc3ccc4cccc5ccc2c3c45)c1.Cc1ccccc1-c1ccc2ccc3c(-c4cccc5ccccc45)ccc4ccc1c2c43.Cc1ccccc1-c1ccc2ccc3cccc4ccc1c2c34. The van der Waals surface area contributed by atoms with Crippen LogP contribution < -0.4 is 0 Å². The van der Waals surface area contributed by atoms with Crippen LogP contribution in [0.4, 0.5) is 0 Å². The molecule has 0 amide bonds. The molecule has 0 radical (unpaired) electrons. The molecule has 0 aliphatic rings. The van der Waals surface area contributed by atoms with Crippen LogP contribution in [0.1, 0.15) is 27.8 Å². The lowest BCUT2D eigenvalue weighted by Gasteiger charge is -2.17. The van der Waals surface area contributed by atoms with Crippen molar-refractivity contribution in [3.8, 4) is 77.9 Å². The molecule has 0 N–H and O–H groups in total. The van der Waals surface area contributed by atoms with Gasteiger partial charge in [0.25, 0.3) is 0 Å². The van der Waals surface area contributed by atoms with Crippen LogP contribution in [0.2, 0.25) is 0 Å². The van der Waals surface area contributed by atoms with Gasteiger partial charge in [0.1, 0.15) is 0 Å². The second kappa shape index (κ2) is 32.2. The van der Waals surface area contributed by atoms with Gasteiger partial charge in [0, 0.05) is 0 Å². The lowest BCUT2D eigenvalue weighted by molar-refractivity contribution is 1.47. The molecule has 28 rings (SSSR count). The van der Waals surface area contributed by atoms with E-state index in [0.717, 1.165) is 0 Å². The summed E-state index contributed by atoms with van der Waals surface area (Å²) in [5.41, 5.74) is 24.8. The smallest absolute Gasteiger partial charge is 0.00203 e. The minimum Gasteiger partial charge on any atom is -0.0622 e. The second-order valence-corrected chi connectivity index (χ2v) is 35.8. The zero-order valence-electron chi connectivity index (χ0n) is 73.8. The van der Waals surface area contributed by atoms with Crippen LogP contribution in [0.5, 0.6) is 0 Å². The first-order chi connectivity index (χ1) is 64.5. The predicted octanol–water partition coefficient (Wildman–Crippen LogP) is 37.3. The summed E-state index contributed by atoms with van der Waals surface area (Å²) in [4.78, 5) is 0. The maximum atomic E-state index is 2.31. The number of benzene rings is 28. The van der Waals surface area contributed by atoms with Crippen molar-refractivity contribution in [1.82, 2.24) is 0 Å². The Kier molecular flexibility index (Phi) is 19.2. The Hall–Kier alpha value is -16.4. The summed E-state index contributed by atoms with van der Waals surface area (Å²) >= 11 is 0. The molecule has 0 saturated heterocycles. The maximum absolute atomic E-state index is 2.31. The van der Waals surface area contributed by atoms with Crippen LogP contribution in [0.15, 0.2) is 455 Å². The third-order valence-electron chi connectivity index (χ3n) is 28.1. The minimum atomic E-state index is 1.25. The molecule has 0 heterocycles. The molecule has 0 nitrogen and oxygen atoms in total. The van der Waals surface area contributed by atoms with Crippen molar-refractivity contribution in [2.45, 2.75) is 34.6 Å². The molecule has 0 saturated carbocycles. The van der Waals surface area contributed by atoms with E-state index in [1.165, 1.54) is 278 Å². The van der Waals surface area contributed by atoms with Gasteiger partial charge >= 0.3 is 0 Å². The molecule has 28 aromatic carbocycles. The highest BCUT2D eigenvalue weighted by Gasteiger charge is 2.22. The molecule has 0 aliphatic carbocycles. The van der Waals surface area contributed by atoms with Crippen LogP contribution >= 0.6 is 0 Å². The summed E-state index contributed by atoms with van der Waals surface area (Å²) in [6.45, 7) is 10.9. The molecule has 614 valence electrons. The number of hydrogen-bond acceptors (Lipinski definition) is 0. The van der Waals surface area contributed by atoms with Gasteiger partial charge < -0.3 is 0 Å². The highest BCUT2D eigenvalue weighted by atomic mass is 14.3. The van der Waals surface area contributed by atoms with E-state index < -0.39 is 0 Å². The van der Waals surface area contributed by atoms with E-state index >= 15 is 0 Å². The second-order valence-electron chi connectivity index (χ2n) is 35.8. The molecule has 28 aromatic rings. The minimum absolute atomic E-state index is 1.25. The molecular weight excluding hydrogens is 1570 g/mol. The van der Waals surface area contributed by atoms with Crippen molar-refractivity contribution in [2.24, 2.45) is 0 Å². The Morgan fingerprint density at radius 3 is 0.779 bits per heavy atom. The molecule has 0 bridgehead atoms. The fourth-order valence-electron chi connectivity index (χ4n) is 21.8. The molecule has 131 heavy (non-hydrogen) atoms. The fourth-order valence-corrected chi connectivity index (χ4v) is 21.8. The molecule has 0 fully saturated rings. The summed E-state index contributed by atoms with van der Waals surface area (Å²) in [5, 5.41) is 43.0. The molecule has 0 aliphatic heterocycles. The third kappa shape index (κ3) is 13.4. The van der Waals surface area contributed by atoms with Crippen molar-refractivity contribution in [2.75, 3.05) is 0 Å². The van der Waals surface area contributed by atoms with Crippen molar-refractivity contribution >= 4 is 172 Å². The largest absolute Gasteiger partial charge is 0.0622 e. The van der Waals surface area contributed by atoms with Gasteiger partial charge in [-0.1, -0.05) is 454 Å². The summed E-state index contributed by atoms with van der Waals surface area (Å²) in [5.74, 6) is 0. The monoisotopic (exact) mass is 1660 g/mol. The molecule has 0 heteroatoms. The quantitative estimate of drug-likeness (QED) is 0.140. The van der Waals surface area contributed by atoms with Crippen LogP contribution in [0.3, 0.4) is 0 Å².